The minimum absolute atomic E-state index is 0.133. The highest BCUT2D eigenvalue weighted by molar-refractivity contribution is 5.86. The number of β-amino-alcohol motifs (C(OH)–C–C–N with tert-alkyl or cyclic N) is 1. The number of nitrogens with one attached hydrogen (secondary N) is 2. The predicted molar refractivity (Wildman–Crippen MR) is 130 cm³/mol. The summed E-state index contributed by atoms with van der Waals surface area (Å²) < 4.78 is 0. The molecule has 4 heterocycles. The number of fused-ring (bicyclic) bond motifs is 2. The highest BCUT2D eigenvalue weighted by Crippen LogP contribution is 2.24. The molecule has 0 spiro atoms. The lowest BCUT2D eigenvalue weighted by atomic mass is 9.99. The summed E-state index contributed by atoms with van der Waals surface area (Å²) in [5.74, 6) is 0.880. The van der Waals surface area contributed by atoms with Gasteiger partial charge < -0.3 is 15.3 Å². The number of aryl methyl sites for hydroxylation is 1. The normalized spacial score (nSPS) is 18.1. The first-order valence-corrected chi connectivity index (χ1v) is 12.2. The summed E-state index contributed by atoms with van der Waals surface area (Å²) in [4.78, 5) is 24.7. The molecule has 1 saturated heterocycles. The largest absolute Gasteiger partial charge is 0.392 e. The molecule has 2 aromatic heterocycles. The van der Waals surface area contributed by atoms with E-state index in [1.54, 1.807) is 13.3 Å². The number of likely N-dealkylation sites (tertiary alicyclic amines) is 1. The molecule has 1 amide bonds. The monoisotopic (exact) mass is 463 g/mol. The van der Waals surface area contributed by atoms with Gasteiger partial charge in [-0.2, -0.15) is 5.10 Å². The van der Waals surface area contributed by atoms with E-state index in [-0.39, 0.29) is 11.9 Å². The molecule has 34 heavy (non-hydrogen) atoms. The molecule has 0 aliphatic carbocycles. The van der Waals surface area contributed by atoms with Crippen molar-refractivity contribution in [2.24, 2.45) is 0 Å². The molecule has 2 aliphatic rings. The molecular weight excluding hydrogens is 430 g/mol. The number of aromatic amines is 1. The van der Waals surface area contributed by atoms with Gasteiger partial charge in [-0.05, 0) is 43.2 Å². The van der Waals surface area contributed by atoms with E-state index in [4.69, 9.17) is 0 Å². The van der Waals surface area contributed by atoms with Crippen LogP contribution in [0.2, 0.25) is 0 Å². The van der Waals surface area contributed by atoms with Gasteiger partial charge in [-0.3, -0.25) is 14.8 Å². The van der Waals surface area contributed by atoms with Gasteiger partial charge in [0.25, 0.3) is 0 Å². The second-order valence-electron chi connectivity index (χ2n) is 9.49. The van der Waals surface area contributed by atoms with Crippen LogP contribution in [0.5, 0.6) is 0 Å². The van der Waals surface area contributed by atoms with Gasteiger partial charge in [-0.25, -0.2) is 9.97 Å². The number of aliphatic hydroxyl groups excluding tert-OH is 1. The van der Waals surface area contributed by atoms with Gasteiger partial charge in [-0.15, -0.1) is 0 Å². The number of hydrogen-bond donors (Lipinski definition) is 3. The maximum Gasteiger partial charge on any atom is 0.219 e. The summed E-state index contributed by atoms with van der Waals surface area (Å²) in [5, 5.41) is 21.8. The molecule has 3 N–H and O–H groups in total. The van der Waals surface area contributed by atoms with Crippen LogP contribution in [0.15, 0.2) is 30.6 Å². The van der Waals surface area contributed by atoms with Crippen molar-refractivity contribution in [2.75, 3.05) is 31.5 Å². The Balaban J connectivity index is 1.16. The number of aliphatic hydroxyl groups is 1. The summed E-state index contributed by atoms with van der Waals surface area (Å²) >= 11 is 0. The smallest absolute Gasteiger partial charge is 0.219 e. The molecule has 1 aromatic carbocycles. The fraction of sp³-hybridized carbons (Fsp3) is 0.520. The van der Waals surface area contributed by atoms with Crippen LogP contribution in [0.1, 0.15) is 43.0 Å². The highest BCUT2D eigenvalue weighted by atomic mass is 16.3. The minimum Gasteiger partial charge on any atom is -0.392 e. The van der Waals surface area contributed by atoms with Crippen molar-refractivity contribution >= 4 is 22.8 Å². The van der Waals surface area contributed by atoms with Crippen molar-refractivity contribution in [2.45, 2.75) is 57.7 Å². The second-order valence-corrected chi connectivity index (χ2v) is 9.49. The van der Waals surface area contributed by atoms with Crippen LogP contribution in [0, 0.1) is 0 Å². The van der Waals surface area contributed by atoms with E-state index < -0.39 is 6.10 Å². The number of carbonyl (C=O) groups excluding carboxylic acids is 1. The standard InChI is InChI=1S/C25H33N7O2/c1-17(33)32-12-9-20(10-13-32)28-25-24-23(26-16-27-25)22(29-30-24)7-6-21(34)15-31-11-8-18-4-2-3-5-19(18)14-31/h2-5,16,20-21,34H,6-15H2,1H3,(H,29,30)(H,26,27,28)/t21-/m1/s1. The Morgan fingerprint density at radius 3 is 2.79 bits per heavy atom. The first-order chi connectivity index (χ1) is 16.6. The zero-order valence-electron chi connectivity index (χ0n) is 19.7. The zero-order valence-corrected chi connectivity index (χ0v) is 19.7. The van der Waals surface area contributed by atoms with E-state index in [0.29, 0.717) is 19.4 Å². The van der Waals surface area contributed by atoms with E-state index in [9.17, 15) is 9.90 Å². The van der Waals surface area contributed by atoms with Crippen LogP contribution in [0.25, 0.3) is 11.0 Å². The first-order valence-electron chi connectivity index (χ1n) is 12.2. The summed E-state index contributed by atoms with van der Waals surface area (Å²) in [5.41, 5.74) is 5.24. The van der Waals surface area contributed by atoms with Crippen LogP contribution >= 0.6 is 0 Å². The van der Waals surface area contributed by atoms with Crippen molar-refractivity contribution in [1.29, 1.82) is 0 Å². The lowest BCUT2D eigenvalue weighted by Crippen LogP contribution is -2.41. The van der Waals surface area contributed by atoms with E-state index >= 15 is 0 Å². The first kappa shape index (κ1) is 22.7. The number of rotatable bonds is 7. The van der Waals surface area contributed by atoms with Gasteiger partial charge >= 0.3 is 0 Å². The summed E-state index contributed by atoms with van der Waals surface area (Å²) in [6, 6.07) is 8.82. The van der Waals surface area contributed by atoms with Crippen LogP contribution < -0.4 is 5.32 Å². The Bertz CT molecular complexity index is 1140. The third-order valence-corrected chi connectivity index (χ3v) is 7.10. The third kappa shape index (κ3) is 5.05. The van der Waals surface area contributed by atoms with Crippen LogP contribution in [0.4, 0.5) is 5.82 Å². The zero-order chi connectivity index (χ0) is 23.5. The van der Waals surface area contributed by atoms with Gasteiger partial charge in [0.05, 0.1) is 11.8 Å². The molecular formula is C25H33N7O2. The van der Waals surface area contributed by atoms with Gasteiger partial charge in [0.15, 0.2) is 5.82 Å². The summed E-state index contributed by atoms with van der Waals surface area (Å²) in [6.45, 7) is 5.68. The summed E-state index contributed by atoms with van der Waals surface area (Å²) in [7, 11) is 0. The SMILES string of the molecule is CC(=O)N1CCC(Nc2ncnc3c(CC[C@@H](O)CN4CCc5ccccc5C4)n[nH]c23)CC1. The van der Waals surface area contributed by atoms with Crippen molar-refractivity contribution in [3.63, 3.8) is 0 Å². The molecule has 0 unspecified atom stereocenters. The molecule has 9 heteroatoms. The van der Waals surface area contributed by atoms with Crippen molar-refractivity contribution < 1.29 is 9.90 Å². The number of carbonyl (C=O) groups is 1. The Morgan fingerprint density at radius 2 is 2.00 bits per heavy atom. The topological polar surface area (TPSA) is 110 Å². The number of aromatic nitrogens is 4. The van der Waals surface area contributed by atoms with E-state index in [1.807, 2.05) is 4.90 Å². The molecule has 9 nitrogen and oxygen atoms in total. The quantitative estimate of drug-likeness (QED) is 0.492. The number of nitrogens with zero attached hydrogens (tertiary/aromatic N) is 5. The van der Waals surface area contributed by atoms with E-state index in [1.165, 1.54) is 11.1 Å². The number of H-pyrrole nitrogens is 1. The maximum atomic E-state index is 11.6. The van der Waals surface area contributed by atoms with Gasteiger partial charge in [-0.1, -0.05) is 24.3 Å². The fourth-order valence-electron chi connectivity index (χ4n) is 5.11. The van der Waals surface area contributed by atoms with E-state index in [0.717, 1.165) is 68.0 Å². The van der Waals surface area contributed by atoms with Crippen LogP contribution in [0.3, 0.4) is 0 Å². The molecule has 1 fully saturated rings. The molecule has 3 aromatic rings. The minimum atomic E-state index is -0.414. The molecule has 0 bridgehead atoms. The predicted octanol–water partition coefficient (Wildman–Crippen LogP) is 2.13. The van der Waals surface area contributed by atoms with Crippen molar-refractivity contribution in [1.82, 2.24) is 30.0 Å². The number of piperidine rings is 1. The van der Waals surface area contributed by atoms with Gasteiger partial charge in [0, 0.05) is 45.7 Å². The molecule has 0 radical (unpaired) electrons. The van der Waals surface area contributed by atoms with Crippen molar-refractivity contribution in [3.05, 3.63) is 47.4 Å². The average Bonchev–Trinajstić information content (AvgIpc) is 3.27. The van der Waals surface area contributed by atoms with Gasteiger partial charge in [0.1, 0.15) is 17.4 Å². The van der Waals surface area contributed by atoms with Gasteiger partial charge in [0.2, 0.25) is 5.91 Å². The molecule has 2 aliphatic heterocycles. The Hall–Kier alpha value is -3.04. The average molecular weight is 464 g/mol. The van der Waals surface area contributed by atoms with Crippen LogP contribution in [-0.4, -0.2) is 79.3 Å². The Labute approximate surface area is 199 Å². The lowest BCUT2D eigenvalue weighted by Gasteiger charge is -2.31. The molecule has 1 atom stereocenters. The third-order valence-electron chi connectivity index (χ3n) is 7.10. The summed E-state index contributed by atoms with van der Waals surface area (Å²) in [6.07, 6.45) is 5.25. The van der Waals surface area contributed by atoms with Crippen molar-refractivity contribution in [3.8, 4) is 0 Å². The number of anilines is 1. The maximum absolute atomic E-state index is 11.6. The Kier molecular flexibility index (Phi) is 6.73. The van der Waals surface area contributed by atoms with Crippen LogP contribution in [-0.2, 0) is 24.2 Å². The molecule has 0 saturated carbocycles. The highest BCUT2D eigenvalue weighted by Gasteiger charge is 2.23. The number of hydrogen-bond acceptors (Lipinski definition) is 7. The Morgan fingerprint density at radius 1 is 1.21 bits per heavy atom. The number of amides is 1. The second kappa shape index (κ2) is 10.1. The molecule has 180 valence electrons. The number of benzene rings is 1. The lowest BCUT2D eigenvalue weighted by molar-refractivity contribution is -0.129. The van der Waals surface area contributed by atoms with E-state index in [2.05, 4.69) is 54.6 Å². The fourth-order valence-corrected chi connectivity index (χ4v) is 5.11. The molecule has 5 rings (SSSR count).